The number of piperidine rings is 1. The fourth-order valence-corrected chi connectivity index (χ4v) is 1.36. The zero-order valence-electron chi connectivity index (χ0n) is 6.08. The lowest BCUT2D eigenvalue weighted by Crippen LogP contribution is -2.38. The normalized spacial score (nSPS) is 30.0. The minimum Gasteiger partial charge on any atom is -0.394 e. The van der Waals surface area contributed by atoms with Crippen molar-refractivity contribution in [3.05, 3.63) is 0 Å². The van der Waals surface area contributed by atoms with Gasteiger partial charge < -0.3 is 15.5 Å². The Hall–Kier alpha value is -0.120. The van der Waals surface area contributed by atoms with Gasteiger partial charge in [-0.15, -0.1) is 0 Å². The first-order chi connectivity index (χ1) is 4.84. The van der Waals surface area contributed by atoms with Crippen LogP contribution in [0.15, 0.2) is 0 Å². The van der Waals surface area contributed by atoms with Crippen molar-refractivity contribution in [2.24, 2.45) is 5.92 Å². The fraction of sp³-hybridized carbons (Fsp3) is 1.00. The second-order valence-corrected chi connectivity index (χ2v) is 2.86. The molecule has 1 rings (SSSR count). The maximum atomic E-state index is 9.19. The van der Waals surface area contributed by atoms with Crippen LogP contribution >= 0.6 is 0 Å². The van der Waals surface area contributed by atoms with Crippen LogP contribution in [0.5, 0.6) is 0 Å². The lowest BCUT2D eigenvalue weighted by Gasteiger charge is -2.25. The summed E-state index contributed by atoms with van der Waals surface area (Å²) in [4.78, 5) is 0. The summed E-state index contributed by atoms with van der Waals surface area (Å²) >= 11 is 0. The molecule has 0 aromatic carbocycles. The average molecular weight is 145 g/mol. The van der Waals surface area contributed by atoms with Crippen LogP contribution in [-0.2, 0) is 0 Å². The number of rotatable bonds is 2. The number of aliphatic hydroxyl groups excluding tert-OH is 2. The minimum absolute atomic E-state index is 0.105. The van der Waals surface area contributed by atoms with Crippen LogP contribution in [0.4, 0.5) is 0 Å². The van der Waals surface area contributed by atoms with E-state index in [4.69, 9.17) is 5.11 Å². The van der Waals surface area contributed by atoms with Gasteiger partial charge in [0.1, 0.15) is 0 Å². The summed E-state index contributed by atoms with van der Waals surface area (Å²) in [5.41, 5.74) is 0. The van der Waals surface area contributed by atoms with Crippen molar-refractivity contribution in [2.75, 3.05) is 19.7 Å². The van der Waals surface area contributed by atoms with E-state index in [0.29, 0.717) is 0 Å². The Bertz CT molecular complexity index is 91.6. The highest BCUT2D eigenvalue weighted by Crippen LogP contribution is 2.13. The van der Waals surface area contributed by atoms with Crippen molar-refractivity contribution in [2.45, 2.75) is 18.9 Å². The van der Waals surface area contributed by atoms with E-state index in [-0.39, 0.29) is 12.5 Å². The predicted molar refractivity (Wildman–Crippen MR) is 38.7 cm³/mol. The average Bonchev–Trinajstić information content (AvgIpc) is 2.05. The highest BCUT2D eigenvalue weighted by molar-refractivity contribution is 4.74. The smallest absolute Gasteiger partial charge is 0.0811 e. The van der Waals surface area contributed by atoms with Gasteiger partial charge in [-0.1, -0.05) is 0 Å². The van der Waals surface area contributed by atoms with E-state index in [2.05, 4.69) is 5.32 Å². The Morgan fingerprint density at radius 3 is 2.90 bits per heavy atom. The summed E-state index contributed by atoms with van der Waals surface area (Å²) in [5, 5.41) is 21.0. The van der Waals surface area contributed by atoms with Crippen molar-refractivity contribution in [1.82, 2.24) is 5.32 Å². The second kappa shape index (κ2) is 3.91. The lowest BCUT2D eigenvalue weighted by molar-refractivity contribution is 0.0377. The molecule has 3 N–H and O–H groups in total. The molecule has 3 heteroatoms. The molecule has 0 bridgehead atoms. The molecule has 0 amide bonds. The lowest BCUT2D eigenvalue weighted by atomic mass is 9.94. The van der Waals surface area contributed by atoms with Crippen molar-refractivity contribution >= 4 is 0 Å². The van der Waals surface area contributed by atoms with Gasteiger partial charge in [0.05, 0.1) is 12.7 Å². The van der Waals surface area contributed by atoms with Crippen LogP contribution in [0, 0.1) is 5.92 Å². The van der Waals surface area contributed by atoms with E-state index in [1.54, 1.807) is 0 Å². The predicted octanol–water partition coefficient (Wildman–Crippen LogP) is -0.661. The third-order valence-corrected chi connectivity index (χ3v) is 2.07. The van der Waals surface area contributed by atoms with E-state index in [1.165, 1.54) is 0 Å². The van der Waals surface area contributed by atoms with Gasteiger partial charge in [0.2, 0.25) is 0 Å². The Kier molecular flexibility index (Phi) is 3.12. The quantitative estimate of drug-likeness (QED) is 0.483. The molecule has 0 aromatic rings. The molecule has 2 atom stereocenters. The molecule has 1 heterocycles. The zero-order valence-corrected chi connectivity index (χ0v) is 6.08. The van der Waals surface area contributed by atoms with Gasteiger partial charge in [-0.05, 0) is 25.3 Å². The highest BCUT2D eigenvalue weighted by atomic mass is 16.3. The molecule has 0 spiro atoms. The Morgan fingerprint density at radius 1 is 1.60 bits per heavy atom. The van der Waals surface area contributed by atoms with Gasteiger partial charge in [-0.3, -0.25) is 0 Å². The molecular weight excluding hydrogens is 130 g/mol. The van der Waals surface area contributed by atoms with E-state index in [9.17, 15) is 5.11 Å². The van der Waals surface area contributed by atoms with Gasteiger partial charge in [0, 0.05) is 6.54 Å². The topological polar surface area (TPSA) is 52.5 Å². The summed E-state index contributed by atoms with van der Waals surface area (Å²) in [5.74, 6) is 0.263. The summed E-state index contributed by atoms with van der Waals surface area (Å²) in [6.07, 6.45) is 1.63. The van der Waals surface area contributed by atoms with Crippen molar-refractivity contribution in [3.63, 3.8) is 0 Å². The number of nitrogens with one attached hydrogen (secondary N) is 1. The van der Waals surface area contributed by atoms with Gasteiger partial charge in [-0.2, -0.15) is 0 Å². The molecule has 0 saturated carbocycles. The molecule has 1 aliphatic rings. The standard InChI is InChI=1S/C7H15NO2/c9-5-7(10)6-2-1-3-8-4-6/h6-10H,1-5H2/t6-,7?/m0/s1. The molecule has 10 heavy (non-hydrogen) atoms. The fourth-order valence-electron chi connectivity index (χ4n) is 1.36. The maximum absolute atomic E-state index is 9.19. The van der Waals surface area contributed by atoms with Crippen LogP contribution in [0.2, 0.25) is 0 Å². The van der Waals surface area contributed by atoms with Crippen LogP contribution in [0.3, 0.4) is 0 Å². The largest absolute Gasteiger partial charge is 0.394 e. The van der Waals surface area contributed by atoms with Crippen molar-refractivity contribution < 1.29 is 10.2 Å². The van der Waals surface area contributed by atoms with Crippen molar-refractivity contribution in [1.29, 1.82) is 0 Å². The maximum Gasteiger partial charge on any atom is 0.0811 e. The number of hydrogen-bond acceptors (Lipinski definition) is 3. The summed E-state index contributed by atoms with van der Waals surface area (Å²) in [6, 6.07) is 0. The van der Waals surface area contributed by atoms with Gasteiger partial charge in [0.15, 0.2) is 0 Å². The monoisotopic (exact) mass is 145 g/mol. The molecule has 1 aliphatic heterocycles. The Balaban J connectivity index is 2.24. The van der Waals surface area contributed by atoms with Crippen LogP contribution < -0.4 is 5.32 Å². The molecule has 3 nitrogen and oxygen atoms in total. The first-order valence-corrected chi connectivity index (χ1v) is 3.84. The Labute approximate surface area is 61.1 Å². The minimum atomic E-state index is -0.521. The van der Waals surface area contributed by atoms with Crippen LogP contribution in [0.25, 0.3) is 0 Å². The summed E-state index contributed by atoms with van der Waals surface area (Å²) in [7, 11) is 0. The third-order valence-electron chi connectivity index (χ3n) is 2.07. The van der Waals surface area contributed by atoms with E-state index in [0.717, 1.165) is 25.9 Å². The molecule has 1 fully saturated rings. The number of aliphatic hydroxyl groups is 2. The molecule has 1 saturated heterocycles. The summed E-state index contributed by atoms with van der Waals surface area (Å²) in [6.45, 7) is 1.79. The molecule has 0 aromatic heterocycles. The molecule has 0 radical (unpaired) electrons. The molecule has 0 aliphatic carbocycles. The molecule has 1 unspecified atom stereocenters. The van der Waals surface area contributed by atoms with Gasteiger partial charge in [0.25, 0.3) is 0 Å². The van der Waals surface area contributed by atoms with E-state index < -0.39 is 6.10 Å². The first-order valence-electron chi connectivity index (χ1n) is 3.84. The van der Waals surface area contributed by atoms with Crippen LogP contribution in [-0.4, -0.2) is 36.0 Å². The third kappa shape index (κ3) is 1.94. The van der Waals surface area contributed by atoms with E-state index >= 15 is 0 Å². The molecule has 60 valence electrons. The zero-order chi connectivity index (χ0) is 7.40. The second-order valence-electron chi connectivity index (χ2n) is 2.86. The highest BCUT2D eigenvalue weighted by Gasteiger charge is 2.19. The van der Waals surface area contributed by atoms with Crippen LogP contribution in [0.1, 0.15) is 12.8 Å². The SMILES string of the molecule is OCC(O)[C@H]1CCCNC1. The molecular formula is C7H15NO2. The first kappa shape index (κ1) is 7.98. The van der Waals surface area contributed by atoms with Gasteiger partial charge >= 0.3 is 0 Å². The summed E-state index contributed by atoms with van der Waals surface area (Å²) < 4.78 is 0. The Morgan fingerprint density at radius 2 is 2.40 bits per heavy atom. The van der Waals surface area contributed by atoms with E-state index in [1.807, 2.05) is 0 Å². The number of hydrogen-bond donors (Lipinski definition) is 3. The van der Waals surface area contributed by atoms with Crippen molar-refractivity contribution in [3.8, 4) is 0 Å². The van der Waals surface area contributed by atoms with Gasteiger partial charge in [-0.25, -0.2) is 0 Å².